The zero-order chi connectivity index (χ0) is 15.7. The Morgan fingerprint density at radius 2 is 2.00 bits per heavy atom. The molecule has 0 saturated heterocycles. The number of amides is 1. The molecule has 0 radical (unpaired) electrons. The van der Waals surface area contributed by atoms with Crippen molar-refractivity contribution >= 4 is 21.8 Å². The number of hydrogen-bond acceptors (Lipinski definition) is 4. The normalized spacial score (nSPS) is 24.9. The van der Waals surface area contributed by atoms with Crippen molar-refractivity contribution in [3.63, 3.8) is 0 Å². The van der Waals surface area contributed by atoms with Crippen LogP contribution in [0.15, 0.2) is 16.6 Å². The molecule has 5 nitrogen and oxygen atoms in total. The average Bonchev–Trinajstić information content (AvgIpc) is 2.92. The predicted octanol–water partition coefficient (Wildman–Crippen LogP) is 2.52. The summed E-state index contributed by atoms with van der Waals surface area (Å²) in [6.07, 6.45) is 2.84. The molecule has 120 valence electrons. The van der Waals surface area contributed by atoms with Crippen LogP contribution in [0, 0.1) is 5.92 Å². The number of ether oxygens (including phenoxy) is 2. The summed E-state index contributed by atoms with van der Waals surface area (Å²) in [6, 6.07) is 3.69. The number of rotatable bonds is 3. The van der Waals surface area contributed by atoms with Crippen molar-refractivity contribution in [3.05, 3.63) is 22.2 Å². The summed E-state index contributed by atoms with van der Waals surface area (Å²) < 4.78 is 12.1. The fraction of sp³-hybridized carbons (Fsp3) is 0.562. The number of nitrogens with two attached hydrogens (primary N) is 1. The summed E-state index contributed by atoms with van der Waals surface area (Å²) in [7, 11) is 0. The zero-order valence-electron chi connectivity index (χ0n) is 12.6. The number of fused-ring (bicyclic) bond motifs is 1. The number of hydrogen-bond donors (Lipinski definition) is 2. The van der Waals surface area contributed by atoms with Gasteiger partial charge in [-0.1, -0.05) is 22.4 Å². The van der Waals surface area contributed by atoms with Gasteiger partial charge in [-0.25, -0.2) is 0 Å². The number of benzene rings is 1. The highest BCUT2D eigenvalue weighted by atomic mass is 79.9. The lowest BCUT2D eigenvalue weighted by molar-refractivity contribution is -0.125. The Morgan fingerprint density at radius 1 is 1.32 bits per heavy atom. The Morgan fingerprint density at radius 3 is 2.64 bits per heavy atom. The molecule has 0 aromatic heterocycles. The van der Waals surface area contributed by atoms with Crippen LogP contribution in [0.25, 0.3) is 0 Å². The third-order valence-electron chi connectivity index (χ3n) is 4.39. The highest BCUT2D eigenvalue weighted by Crippen LogP contribution is 2.38. The van der Waals surface area contributed by atoms with Crippen molar-refractivity contribution in [1.82, 2.24) is 5.32 Å². The fourth-order valence-corrected chi connectivity index (χ4v) is 3.79. The van der Waals surface area contributed by atoms with Gasteiger partial charge in [0.2, 0.25) is 5.91 Å². The summed E-state index contributed by atoms with van der Waals surface area (Å²) in [6.45, 7) is 3.07. The molecular weight excluding hydrogens is 348 g/mol. The predicted molar refractivity (Wildman–Crippen MR) is 87.0 cm³/mol. The summed E-state index contributed by atoms with van der Waals surface area (Å²) >= 11 is 3.55. The van der Waals surface area contributed by atoms with E-state index in [-0.39, 0.29) is 23.9 Å². The minimum absolute atomic E-state index is 0.0177. The molecule has 1 aliphatic carbocycles. The van der Waals surface area contributed by atoms with Gasteiger partial charge in [0.1, 0.15) is 13.2 Å². The maximum Gasteiger partial charge on any atom is 0.225 e. The maximum atomic E-state index is 12.4. The second-order valence-corrected chi connectivity index (χ2v) is 6.80. The Bertz CT molecular complexity index is 579. The first-order valence-electron chi connectivity index (χ1n) is 7.71. The Balaban J connectivity index is 1.74. The molecule has 1 aromatic rings. The Kier molecular flexibility index (Phi) is 4.59. The minimum atomic E-state index is -0.120. The smallest absolute Gasteiger partial charge is 0.225 e. The van der Waals surface area contributed by atoms with E-state index in [9.17, 15) is 4.79 Å². The van der Waals surface area contributed by atoms with Crippen LogP contribution < -0.4 is 20.5 Å². The van der Waals surface area contributed by atoms with Crippen molar-refractivity contribution in [2.75, 3.05) is 13.2 Å². The summed E-state index contributed by atoms with van der Waals surface area (Å²) in [5.74, 6) is 1.43. The molecule has 1 aliphatic heterocycles. The van der Waals surface area contributed by atoms with Crippen LogP contribution in [-0.4, -0.2) is 25.2 Å². The second kappa shape index (κ2) is 6.46. The zero-order valence-corrected chi connectivity index (χ0v) is 14.2. The number of carbonyl (C=O) groups excluding carboxylic acids is 1. The van der Waals surface area contributed by atoms with Crippen LogP contribution >= 0.6 is 15.9 Å². The summed E-state index contributed by atoms with van der Waals surface area (Å²) in [5, 5.41) is 3.07. The molecule has 0 spiro atoms. The lowest BCUT2D eigenvalue weighted by Crippen LogP contribution is -2.39. The van der Waals surface area contributed by atoms with Crippen LogP contribution in [0.5, 0.6) is 11.5 Å². The number of carbonyl (C=O) groups is 1. The van der Waals surface area contributed by atoms with Gasteiger partial charge in [-0.2, -0.15) is 0 Å². The molecule has 22 heavy (non-hydrogen) atoms. The first-order chi connectivity index (χ1) is 10.6. The van der Waals surface area contributed by atoms with E-state index in [1.54, 1.807) is 0 Å². The van der Waals surface area contributed by atoms with Gasteiger partial charge in [-0.05, 0) is 37.5 Å². The van der Waals surface area contributed by atoms with Crippen LogP contribution in [0.1, 0.15) is 37.8 Å². The highest BCUT2D eigenvalue weighted by Gasteiger charge is 2.31. The quantitative estimate of drug-likeness (QED) is 0.859. The van der Waals surface area contributed by atoms with Gasteiger partial charge >= 0.3 is 0 Å². The first kappa shape index (κ1) is 15.6. The molecule has 1 aromatic carbocycles. The van der Waals surface area contributed by atoms with Crippen molar-refractivity contribution in [2.45, 2.75) is 38.3 Å². The van der Waals surface area contributed by atoms with Gasteiger partial charge in [-0.15, -0.1) is 0 Å². The molecule has 1 fully saturated rings. The molecular formula is C16H21BrN2O3. The lowest BCUT2D eigenvalue weighted by atomic mass is 10.0. The van der Waals surface area contributed by atoms with Gasteiger partial charge in [0, 0.05) is 10.5 Å². The molecule has 6 heteroatoms. The van der Waals surface area contributed by atoms with E-state index in [4.69, 9.17) is 15.2 Å². The first-order valence-corrected chi connectivity index (χ1v) is 8.50. The highest BCUT2D eigenvalue weighted by molar-refractivity contribution is 9.10. The molecule has 1 saturated carbocycles. The average molecular weight is 369 g/mol. The largest absolute Gasteiger partial charge is 0.486 e. The van der Waals surface area contributed by atoms with Crippen LogP contribution in [0.2, 0.25) is 0 Å². The third kappa shape index (κ3) is 3.08. The van der Waals surface area contributed by atoms with E-state index < -0.39 is 0 Å². The van der Waals surface area contributed by atoms with Crippen LogP contribution in [0.4, 0.5) is 0 Å². The van der Waals surface area contributed by atoms with E-state index in [0.717, 1.165) is 40.8 Å². The lowest BCUT2D eigenvalue weighted by Gasteiger charge is -2.24. The maximum absolute atomic E-state index is 12.4. The molecule has 1 heterocycles. The van der Waals surface area contributed by atoms with E-state index >= 15 is 0 Å². The van der Waals surface area contributed by atoms with E-state index in [1.165, 1.54) is 0 Å². The second-order valence-electron chi connectivity index (χ2n) is 5.95. The summed E-state index contributed by atoms with van der Waals surface area (Å²) in [5.41, 5.74) is 6.98. The van der Waals surface area contributed by atoms with Crippen LogP contribution in [-0.2, 0) is 4.79 Å². The Hall–Kier alpha value is -1.27. The summed E-state index contributed by atoms with van der Waals surface area (Å²) in [4.78, 5) is 12.4. The standard InChI is InChI=1S/C16H21BrN2O3/c1-9(19-16(20)10-3-2-4-13(10)18)11-7-14-15(8-12(11)17)22-6-5-21-14/h7-10,13H,2-6,18H2,1H3,(H,19,20). The van der Waals surface area contributed by atoms with Gasteiger partial charge in [-0.3, -0.25) is 4.79 Å². The molecule has 0 bridgehead atoms. The van der Waals surface area contributed by atoms with Gasteiger partial charge in [0.15, 0.2) is 11.5 Å². The van der Waals surface area contributed by atoms with E-state index in [2.05, 4.69) is 21.2 Å². The molecule has 3 unspecified atom stereocenters. The molecule has 3 rings (SSSR count). The Labute approximate surface area is 138 Å². The van der Waals surface area contributed by atoms with E-state index in [1.807, 2.05) is 19.1 Å². The topological polar surface area (TPSA) is 73.6 Å². The number of halogens is 1. The van der Waals surface area contributed by atoms with Crippen molar-refractivity contribution < 1.29 is 14.3 Å². The number of nitrogens with one attached hydrogen (secondary N) is 1. The monoisotopic (exact) mass is 368 g/mol. The molecule has 3 N–H and O–H groups in total. The van der Waals surface area contributed by atoms with Crippen LogP contribution in [0.3, 0.4) is 0 Å². The van der Waals surface area contributed by atoms with E-state index in [0.29, 0.717) is 13.2 Å². The van der Waals surface area contributed by atoms with Gasteiger partial charge in [0.05, 0.1) is 12.0 Å². The van der Waals surface area contributed by atoms with Gasteiger partial charge < -0.3 is 20.5 Å². The molecule has 3 atom stereocenters. The van der Waals surface area contributed by atoms with Crippen molar-refractivity contribution in [3.8, 4) is 11.5 Å². The fourth-order valence-electron chi connectivity index (χ4n) is 3.12. The minimum Gasteiger partial charge on any atom is -0.486 e. The molecule has 2 aliphatic rings. The molecule has 1 amide bonds. The van der Waals surface area contributed by atoms with Gasteiger partial charge in [0.25, 0.3) is 0 Å². The van der Waals surface area contributed by atoms with Crippen molar-refractivity contribution in [1.29, 1.82) is 0 Å². The SMILES string of the molecule is CC(NC(=O)C1CCCC1N)c1cc2c(cc1Br)OCCO2. The van der Waals surface area contributed by atoms with Crippen molar-refractivity contribution in [2.24, 2.45) is 11.7 Å². The third-order valence-corrected chi connectivity index (χ3v) is 5.08.